The number of alkyl halides is 12. The molecule has 1 saturated carbocycles. The Morgan fingerprint density at radius 2 is 0.725 bits per heavy atom. The quantitative estimate of drug-likeness (QED) is 0.0246. The molecular formula is C95H85F12N15O12S4. The first-order valence-corrected chi connectivity index (χ1v) is 48.1. The molecule has 3 heterocycles. The van der Waals surface area contributed by atoms with Gasteiger partial charge in [-0.1, -0.05) is 115 Å². The third-order valence-electron chi connectivity index (χ3n) is 20.6. The summed E-state index contributed by atoms with van der Waals surface area (Å²) >= 11 is 0. The summed E-state index contributed by atoms with van der Waals surface area (Å²) in [6, 6.07) is 58.4. The minimum atomic E-state index is -4.57. The smallest absolute Gasteiger partial charge is 0.370 e. The van der Waals surface area contributed by atoms with Gasteiger partial charge in [-0.2, -0.15) is 57.8 Å². The number of sulfone groups is 4. The molecule has 720 valence electrons. The molecule has 3 aromatic heterocycles. The zero-order valence-electron chi connectivity index (χ0n) is 73.0. The SMILES string of the molecule is CC(C)N(C)c1ccc(S(=O)(=O)Cc2ccccc2)cc1NC(=O)Nc1cccc(C(F)(F)F)c1.Cc1nccn1-c1ccc(S(=O)(=O)Cc2ccccc2)cc1NC(=O)Nc1cccc(C(F)(F)F)c1.O=C(Nc1cccc(C(F)(F)F)c1)Nc1cc(S(=O)(=O)CC2CC2)ccc1-n1ccnc1.O=C(Nc1cccc(C(F)(F)F)c1)Nc1cc(S(=O)(=O)Cc2ccccc2)ccc1-n1cccn1. The van der Waals surface area contributed by atoms with E-state index >= 15 is 0 Å². The van der Waals surface area contributed by atoms with Crippen molar-refractivity contribution in [1.29, 1.82) is 0 Å². The van der Waals surface area contributed by atoms with Crippen molar-refractivity contribution in [3.8, 4) is 17.1 Å². The molecule has 11 aromatic carbocycles. The molecule has 15 rings (SSSR count). The minimum absolute atomic E-state index is 0.0108. The molecule has 0 aliphatic heterocycles. The minimum Gasteiger partial charge on any atom is -0.370 e. The average molecular weight is 1990 g/mol. The number of carbonyl (C=O) groups excluding carboxylic acids is 4. The third kappa shape index (κ3) is 28.3. The number of hydrogen-bond donors (Lipinski definition) is 8. The number of aromatic nitrogens is 6. The second kappa shape index (κ2) is 43.3. The topological polar surface area (TPSA) is 358 Å². The normalized spacial score (nSPS) is 12.4. The van der Waals surface area contributed by atoms with E-state index in [1.165, 1.54) is 133 Å². The van der Waals surface area contributed by atoms with Gasteiger partial charge in [0.2, 0.25) is 0 Å². The molecule has 1 aliphatic carbocycles. The fourth-order valence-electron chi connectivity index (χ4n) is 13.5. The van der Waals surface area contributed by atoms with Gasteiger partial charge in [0.05, 0.1) is 117 Å². The van der Waals surface area contributed by atoms with Crippen LogP contribution < -0.4 is 47.4 Å². The number of imidazole rings is 2. The maximum atomic E-state index is 13.1. The molecule has 27 nitrogen and oxygen atoms in total. The number of amides is 8. The fraction of sp³-hybridized carbons (Fsp3) is 0.168. The van der Waals surface area contributed by atoms with Crippen LogP contribution in [0.2, 0.25) is 0 Å². The van der Waals surface area contributed by atoms with Crippen LogP contribution in [0.15, 0.2) is 330 Å². The van der Waals surface area contributed by atoms with Crippen molar-refractivity contribution in [2.75, 3.05) is 60.2 Å². The highest BCUT2D eigenvalue weighted by Crippen LogP contribution is 2.40. The summed E-state index contributed by atoms with van der Waals surface area (Å²) in [5.74, 6) is 0.0547. The number of hydrogen-bond acceptors (Lipinski definition) is 16. The number of carbonyl (C=O) groups is 4. The molecule has 1 fully saturated rings. The Morgan fingerprint density at radius 3 is 1.07 bits per heavy atom. The van der Waals surface area contributed by atoms with Crippen LogP contribution in [0.1, 0.15) is 71.5 Å². The van der Waals surface area contributed by atoms with Crippen molar-refractivity contribution in [3.05, 3.63) is 355 Å². The van der Waals surface area contributed by atoms with Gasteiger partial charge >= 0.3 is 48.8 Å². The van der Waals surface area contributed by atoms with Gasteiger partial charge in [-0.25, -0.2) is 67.5 Å². The third-order valence-corrected chi connectivity index (χ3v) is 27.6. The Balaban J connectivity index is 0.000000165. The Kier molecular flexibility index (Phi) is 31.9. The summed E-state index contributed by atoms with van der Waals surface area (Å²) in [6.07, 6.45) is -5.60. The highest BCUT2D eigenvalue weighted by molar-refractivity contribution is 7.91. The summed E-state index contributed by atoms with van der Waals surface area (Å²) < 4.78 is 264. The van der Waals surface area contributed by atoms with Crippen molar-refractivity contribution >= 4 is 115 Å². The van der Waals surface area contributed by atoms with Crippen LogP contribution in [0, 0.1) is 12.8 Å². The first-order chi connectivity index (χ1) is 65.1. The van der Waals surface area contributed by atoms with E-state index in [9.17, 15) is 106 Å². The van der Waals surface area contributed by atoms with Crippen LogP contribution in [0.4, 0.5) is 123 Å². The van der Waals surface area contributed by atoms with Gasteiger partial charge in [0.1, 0.15) is 5.82 Å². The molecule has 0 unspecified atom stereocenters. The van der Waals surface area contributed by atoms with Crippen LogP contribution in [0.5, 0.6) is 0 Å². The van der Waals surface area contributed by atoms with Gasteiger partial charge in [-0.15, -0.1) is 0 Å². The maximum Gasteiger partial charge on any atom is 0.416 e. The van der Waals surface area contributed by atoms with Crippen LogP contribution in [-0.4, -0.2) is 106 Å². The van der Waals surface area contributed by atoms with E-state index in [4.69, 9.17) is 0 Å². The van der Waals surface area contributed by atoms with Crippen molar-refractivity contribution in [2.24, 2.45) is 5.92 Å². The maximum absolute atomic E-state index is 13.1. The van der Waals surface area contributed by atoms with Crippen molar-refractivity contribution in [2.45, 2.75) is 101 Å². The average Bonchev–Trinajstić information content (AvgIpc) is 1.32. The molecule has 8 N–H and O–H groups in total. The highest BCUT2D eigenvalue weighted by atomic mass is 32.2. The largest absolute Gasteiger partial charge is 0.416 e. The Bertz CT molecular complexity index is 7170. The number of urea groups is 4. The number of aryl methyl sites for hydroxylation is 1. The molecular weight excluding hydrogens is 1900 g/mol. The number of anilines is 9. The molecule has 0 spiro atoms. The summed E-state index contributed by atoms with van der Waals surface area (Å²) in [4.78, 5) is 60.5. The molecule has 0 radical (unpaired) electrons. The number of nitrogens with zero attached hydrogens (tertiary/aromatic N) is 7. The van der Waals surface area contributed by atoms with Crippen LogP contribution in [0.25, 0.3) is 17.1 Å². The van der Waals surface area contributed by atoms with Gasteiger partial charge < -0.3 is 56.6 Å². The predicted octanol–water partition coefficient (Wildman–Crippen LogP) is 22.2. The second-order valence-corrected chi connectivity index (χ2v) is 39.3. The van der Waals surface area contributed by atoms with Crippen LogP contribution in [-0.2, 0) is 81.3 Å². The predicted molar refractivity (Wildman–Crippen MR) is 499 cm³/mol. The molecule has 0 bridgehead atoms. The molecule has 1 aliphatic rings. The van der Waals surface area contributed by atoms with Crippen LogP contribution >= 0.6 is 0 Å². The van der Waals surface area contributed by atoms with E-state index in [1.54, 1.807) is 157 Å². The number of halogens is 12. The van der Waals surface area contributed by atoms with E-state index in [0.29, 0.717) is 45.3 Å². The number of benzene rings is 11. The van der Waals surface area contributed by atoms with Crippen molar-refractivity contribution in [1.82, 2.24) is 28.9 Å². The lowest BCUT2D eigenvalue weighted by Gasteiger charge is -2.27. The molecule has 0 saturated heterocycles. The molecule has 43 heteroatoms. The summed E-state index contributed by atoms with van der Waals surface area (Å²) in [7, 11) is -13.0. The monoisotopic (exact) mass is 1980 g/mol. The molecule has 0 atom stereocenters. The van der Waals surface area contributed by atoms with Gasteiger partial charge in [0.25, 0.3) is 0 Å². The second-order valence-electron chi connectivity index (χ2n) is 31.3. The van der Waals surface area contributed by atoms with E-state index in [1.807, 2.05) is 18.7 Å². The molecule has 8 amide bonds. The Hall–Kier alpha value is -15.1. The van der Waals surface area contributed by atoms with Gasteiger partial charge in [-0.3, -0.25) is 0 Å². The summed E-state index contributed by atoms with van der Waals surface area (Å²) in [5.41, 5.74) is 0.353. The lowest BCUT2D eigenvalue weighted by molar-refractivity contribution is -0.138. The van der Waals surface area contributed by atoms with E-state index in [0.717, 1.165) is 61.4 Å². The van der Waals surface area contributed by atoms with Gasteiger partial charge in [-0.05, 0) is 208 Å². The fourth-order valence-corrected chi connectivity index (χ4v) is 19.3. The number of rotatable bonds is 25. The van der Waals surface area contributed by atoms with Crippen LogP contribution in [0.3, 0.4) is 0 Å². The lowest BCUT2D eigenvalue weighted by atomic mass is 10.2. The number of nitrogens with one attached hydrogen (secondary N) is 8. The first-order valence-electron chi connectivity index (χ1n) is 41.4. The zero-order valence-corrected chi connectivity index (χ0v) is 76.3. The Labute approximate surface area is 784 Å². The first kappa shape index (κ1) is 102. The van der Waals surface area contributed by atoms with Crippen molar-refractivity contribution < 1.29 is 106 Å². The van der Waals surface area contributed by atoms with E-state index in [2.05, 4.69) is 57.6 Å². The molecule has 14 aromatic rings. The lowest BCUT2D eigenvalue weighted by Crippen LogP contribution is -2.28. The van der Waals surface area contributed by atoms with Crippen molar-refractivity contribution in [3.63, 3.8) is 0 Å². The van der Waals surface area contributed by atoms with E-state index in [-0.39, 0.29) is 100 Å². The van der Waals surface area contributed by atoms with Gasteiger partial charge in [0.15, 0.2) is 39.3 Å². The summed E-state index contributed by atoms with van der Waals surface area (Å²) in [6.45, 7) is 5.58. The summed E-state index contributed by atoms with van der Waals surface area (Å²) in [5, 5.41) is 23.8. The standard InChI is InChI=1S/C25H21F3N4O3S.C25H26F3N3O3S.C24H19F3N4O3S.C21H19F3N4O3S/c1-17-29-12-13-32(17)23-11-10-21(36(34,35)16-18-6-3-2-4-7-18)15-22(23)31-24(33)30-20-9-5-8-19(14-20)25(26,27)28;1-17(2)31(3)23-13-12-21(35(33,34)16-18-8-5-4-6-9-18)15-22(23)30-24(32)29-20-11-7-10-19(14-20)25(26,27)28;25-24(26,27)18-8-4-9-19(14-18)29-23(32)30-21-15-20(10-11-22(21)31-13-5-12-28-31)35(33,34)16-17-6-2-1-3-7-17;22-21(23,24)15-2-1-3-16(10-15)26-20(29)27-18-11-17(32(30,31)12-14-4-5-14)6-7-19(18)28-9-8-25-13-28/h2-15H,16H2,1H3,(H2,30,31,33);4-15,17H,16H2,1-3H3,(H2,29,30,32);1-15H,16H2,(H2,29,30,32);1-3,6-11,13-14H,4-5,12H2,(H2,26,27,29). The molecule has 138 heavy (non-hydrogen) atoms. The highest BCUT2D eigenvalue weighted by Gasteiger charge is 2.36. The Morgan fingerprint density at radius 1 is 0.377 bits per heavy atom. The van der Waals surface area contributed by atoms with E-state index < -0.39 is 110 Å². The van der Waals surface area contributed by atoms with Gasteiger partial charge in [0, 0.05) is 73.0 Å². The zero-order chi connectivity index (χ0) is 99.7.